The van der Waals surface area contributed by atoms with Crippen molar-refractivity contribution in [3.05, 3.63) is 11.7 Å². The van der Waals surface area contributed by atoms with E-state index in [1.54, 1.807) is 7.05 Å². The Kier molecular flexibility index (Phi) is 3.18. The normalized spacial score (nSPS) is 24.6. The smallest absolute Gasteiger partial charge is 0.259 e. The van der Waals surface area contributed by atoms with Crippen molar-refractivity contribution in [2.45, 2.75) is 44.1 Å². The van der Waals surface area contributed by atoms with Gasteiger partial charge in [0.2, 0.25) is 5.89 Å². The number of rotatable bonds is 3. The van der Waals surface area contributed by atoms with Crippen molar-refractivity contribution in [1.82, 2.24) is 15.5 Å². The molecular formula is C10H15F2N3O. The molecule has 1 aliphatic carbocycles. The molecule has 2 rings (SSSR count). The van der Waals surface area contributed by atoms with Gasteiger partial charge in [0, 0.05) is 6.42 Å². The number of hydrogen-bond donors (Lipinski definition) is 1. The van der Waals surface area contributed by atoms with E-state index in [1.165, 1.54) is 0 Å². The van der Waals surface area contributed by atoms with E-state index in [4.69, 9.17) is 4.52 Å². The molecule has 6 heteroatoms. The van der Waals surface area contributed by atoms with Crippen molar-refractivity contribution < 1.29 is 13.3 Å². The Hall–Kier alpha value is -1.04. The third-order valence-electron chi connectivity index (χ3n) is 2.88. The van der Waals surface area contributed by atoms with E-state index in [2.05, 4.69) is 15.5 Å². The van der Waals surface area contributed by atoms with Crippen molar-refractivity contribution >= 4 is 0 Å². The van der Waals surface area contributed by atoms with Crippen LogP contribution in [0.15, 0.2) is 4.52 Å². The molecule has 1 fully saturated rings. The van der Waals surface area contributed by atoms with Crippen molar-refractivity contribution in [3.63, 3.8) is 0 Å². The van der Waals surface area contributed by atoms with Crippen molar-refractivity contribution in [3.8, 4) is 0 Å². The molecule has 0 saturated heterocycles. The second-order valence-electron chi connectivity index (χ2n) is 4.14. The fourth-order valence-electron chi connectivity index (χ4n) is 2.04. The Morgan fingerprint density at radius 3 is 3.00 bits per heavy atom. The van der Waals surface area contributed by atoms with Crippen LogP contribution in [-0.4, -0.2) is 23.1 Å². The van der Waals surface area contributed by atoms with E-state index in [0.29, 0.717) is 25.2 Å². The molecule has 0 radical (unpaired) electrons. The van der Waals surface area contributed by atoms with Crippen molar-refractivity contribution in [2.75, 3.05) is 7.05 Å². The molecule has 1 aromatic heterocycles. The van der Waals surface area contributed by atoms with Gasteiger partial charge in [-0.1, -0.05) is 11.6 Å². The minimum Gasteiger partial charge on any atom is -0.339 e. The first-order chi connectivity index (χ1) is 7.63. The summed E-state index contributed by atoms with van der Waals surface area (Å²) in [6.45, 7) is 0.432. The third-order valence-corrected chi connectivity index (χ3v) is 2.88. The van der Waals surface area contributed by atoms with Crippen LogP contribution in [0.25, 0.3) is 0 Å². The average Bonchev–Trinajstić information content (AvgIpc) is 2.66. The van der Waals surface area contributed by atoms with Crippen LogP contribution in [-0.2, 0) is 6.54 Å². The molecule has 4 nitrogen and oxygen atoms in total. The van der Waals surface area contributed by atoms with E-state index < -0.39 is 11.8 Å². The lowest BCUT2D eigenvalue weighted by Crippen LogP contribution is -2.30. The molecule has 0 spiro atoms. The van der Waals surface area contributed by atoms with Crippen LogP contribution in [0.4, 0.5) is 8.78 Å². The van der Waals surface area contributed by atoms with E-state index in [-0.39, 0.29) is 12.3 Å². The lowest BCUT2D eigenvalue weighted by Gasteiger charge is -2.28. The average molecular weight is 231 g/mol. The van der Waals surface area contributed by atoms with Gasteiger partial charge in [-0.25, -0.2) is 8.78 Å². The minimum absolute atomic E-state index is 0.0787. The van der Waals surface area contributed by atoms with Gasteiger partial charge in [-0.2, -0.15) is 4.98 Å². The number of nitrogens with zero attached hydrogens (tertiary/aromatic N) is 2. The van der Waals surface area contributed by atoms with Gasteiger partial charge >= 0.3 is 0 Å². The molecule has 1 unspecified atom stereocenters. The summed E-state index contributed by atoms with van der Waals surface area (Å²) in [5.74, 6) is -3.10. The molecular weight excluding hydrogens is 216 g/mol. The minimum atomic E-state index is -2.71. The van der Waals surface area contributed by atoms with Crippen LogP contribution in [0.5, 0.6) is 0 Å². The summed E-state index contributed by atoms with van der Waals surface area (Å²) in [5, 5.41) is 6.51. The summed E-state index contributed by atoms with van der Waals surface area (Å²) in [7, 11) is 1.74. The molecule has 1 atom stereocenters. The van der Waals surface area contributed by atoms with E-state index in [1.807, 2.05) is 0 Å². The summed E-state index contributed by atoms with van der Waals surface area (Å²) in [6, 6.07) is 0. The van der Waals surface area contributed by atoms with Gasteiger partial charge in [0.05, 0.1) is 6.54 Å². The Balaban J connectivity index is 2.15. The largest absolute Gasteiger partial charge is 0.339 e. The van der Waals surface area contributed by atoms with Crippen LogP contribution in [0.3, 0.4) is 0 Å². The van der Waals surface area contributed by atoms with E-state index in [0.717, 1.165) is 6.42 Å². The van der Waals surface area contributed by atoms with Crippen LogP contribution >= 0.6 is 0 Å². The molecule has 0 amide bonds. The molecule has 1 heterocycles. The zero-order valence-electron chi connectivity index (χ0n) is 9.17. The first-order valence-corrected chi connectivity index (χ1v) is 5.48. The lowest BCUT2D eigenvalue weighted by molar-refractivity contribution is -0.0630. The molecule has 0 bridgehead atoms. The van der Waals surface area contributed by atoms with Gasteiger partial charge in [-0.05, 0) is 19.9 Å². The zero-order chi connectivity index (χ0) is 11.6. The molecule has 90 valence electrons. The highest BCUT2D eigenvalue weighted by atomic mass is 19.3. The second kappa shape index (κ2) is 4.45. The van der Waals surface area contributed by atoms with Crippen LogP contribution in [0.2, 0.25) is 0 Å². The monoisotopic (exact) mass is 231 g/mol. The summed E-state index contributed by atoms with van der Waals surface area (Å²) in [5.41, 5.74) is 0. The predicted molar refractivity (Wildman–Crippen MR) is 53.2 cm³/mol. The fourth-order valence-corrected chi connectivity index (χ4v) is 2.04. The van der Waals surface area contributed by atoms with Gasteiger partial charge in [0.1, 0.15) is 5.92 Å². The zero-order valence-corrected chi connectivity index (χ0v) is 9.17. The predicted octanol–water partition coefficient (Wildman–Crippen LogP) is 2.08. The molecule has 0 aliphatic heterocycles. The first-order valence-electron chi connectivity index (χ1n) is 5.48. The summed E-state index contributed by atoms with van der Waals surface area (Å²) in [4.78, 5) is 4.00. The number of aromatic nitrogens is 2. The summed E-state index contributed by atoms with van der Waals surface area (Å²) < 4.78 is 32.1. The number of halogens is 2. The molecule has 1 saturated carbocycles. The van der Waals surface area contributed by atoms with E-state index >= 15 is 0 Å². The lowest BCUT2D eigenvalue weighted by atomic mass is 9.85. The quantitative estimate of drug-likeness (QED) is 0.865. The Bertz CT molecular complexity index is 354. The van der Waals surface area contributed by atoms with Crippen LogP contribution in [0.1, 0.15) is 43.3 Å². The molecule has 16 heavy (non-hydrogen) atoms. The Morgan fingerprint density at radius 2 is 2.31 bits per heavy atom. The second-order valence-corrected chi connectivity index (χ2v) is 4.14. The summed E-state index contributed by atoms with van der Waals surface area (Å²) >= 11 is 0. The third kappa shape index (κ3) is 2.21. The number of nitrogens with one attached hydrogen (secondary N) is 1. The topological polar surface area (TPSA) is 51.0 Å². The maximum atomic E-state index is 13.6. The first kappa shape index (κ1) is 11.4. The Labute approximate surface area is 92.4 Å². The molecule has 1 aliphatic rings. The van der Waals surface area contributed by atoms with Gasteiger partial charge in [0.15, 0.2) is 5.82 Å². The van der Waals surface area contributed by atoms with Gasteiger partial charge < -0.3 is 9.84 Å². The van der Waals surface area contributed by atoms with Crippen molar-refractivity contribution in [1.29, 1.82) is 0 Å². The van der Waals surface area contributed by atoms with Crippen LogP contribution in [0, 0.1) is 0 Å². The molecule has 1 N–H and O–H groups in total. The van der Waals surface area contributed by atoms with Crippen molar-refractivity contribution in [2.24, 2.45) is 0 Å². The highest BCUT2D eigenvalue weighted by Crippen LogP contribution is 2.43. The summed E-state index contributed by atoms with van der Waals surface area (Å²) in [6.07, 6.45) is 1.71. The number of alkyl halides is 2. The van der Waals surface area contributed by atoms with Gasteiger partial charge in [0.25, 0.3) is 5.92 Å². The maximum absolute atomic E-state index is 13.6. The van der Waals surface area contributed by atoms with E-state index in [9.17, 15) is 8.78 Å². The SMILES string of the molecule is CNCc1noc(C2CCCCC2(F)F)n1. The Morgan fingerprint density at radius 1 is 1.50 bits per heavy atom. The molecule has 1 aromatic rings. The van der Waals surface area contributed by atoms with Gasteiger partial charge in [-0.3, -0.25) is 0 Å². The standard InChI is InChI=1S/C10H15F2N3O/c1-13-6-8-14-9(16-15-8)7-4-2-3-5-10(7,11)12/h7,13H,2-6H2,1H3. The van der Waals surface area contributed by atoms with Crippen LogP contribution < -0.4 is 5.32 Å². The maximum Gasteiger partial charge on any atom is 0.259 e. The number of hydrogen-bond acceptors (Lipinski definition) is 4. The van der Waals surface area contributed by atoms with Gasteiger partial charge in [-0.15, -0.1) is 0 Å². The fraction of sp³-hybridized carbons (Fsp3) is 0.800. The highest BCUT2D eigenvalue weighted by Gasteiger charge is 2.45. The highest BCUT2D eigenvalue weighted by molar-refractivity contribution is 5.02. The molecule has 0 aromatic carbocycles.